The molecule has 1 saturated heterocycles. The van der Waals surface area contributed by atoms with E-state index in [1.54, 1.807) is 0 Å². The van der Waals surface area contributed by atoms with Gasteiger partial charge in [-0.15, -0.1) is 0 Å². The van der Waals surface area contributed by atoms with Gasteiger partial charge in [-0.1, -0.05) is 12.1 Å². The van der Waals surface area contributed by atoms with E-state index in [9.17, 15) is 22.0 Å². The van der Waals surface area contributed by atoms with Gasteiger partial charge in [0, 0.05) is 31.4 Å². The highest BCUT2D eigenvalue weighted by Gasteiger charge is 2.22. The topological polar surface area (TPSA) is 79.0 Å². The molecule has 0 atom stereocenters. The molecule has 7 nitrogen and oxygen atoms in total. The first-order chi connectivity index (χ1) is 14.2. The third-order valence-corrected chi connectivity index (χ3v) is 5.82. The predicted octanol–water partition coefficient (Wildman–Crippen LogP) is 1.88. The summed E-state index contributed by atoms with van der Waals surface area (Å²) in [6.45, 7) is 2.68. The van der Waals surface area contributed by atoms with Crippen molar-refractivity contribution in [1.82, 2.24) is 5.32 Å². The number of benzene rings is 2. The van der Waals surface area contributed by atoms with Crippen LogP contribution in [0.25, 0.3) is 0 Å². The zero-order valence-electron chi connectivity index (χ0n) is 16.5. The fourth-order valence-corrected chi connectivity index (χ4v) is 3.92. The number of hydrogen-bond donors (Lipinski definition) is 1. The van der Waals surface area contributed by atoms with E-state index in [2.05, 4.69) is 10.2 Å². The number of rotatable bonds is 7. The van der Waals surface area contributed by atoms with Crippen LogP contribution < -0.4 is 14.5 Å². The van der Waals surface area contributed by atoms with Crippen molar-refractivity contribution in [3.05, 3.63) is 59.7 Å². The normalized spacial score (nSPS) is 14.4. The van der Waals surface area contributed by atoms with Gasteiger partial charge in [-0.3, -0.25) is 9.10 Å². The molecule has 1 fully saturated rings. The lowest BCUT2D eigenvalue weighted by Crippen LogP contribution is -2.40. The Hall–Kier alpha value is -2.72. The smallest absolute Gasteiger partial charge is 0.241 e. The van der Waals surface area contributed by atoms with Crippen LogP contribution in [0.2, 0.25) is 0 Å². The van der Waals surface area contributed by atoms with Crippen molar-refractivity contribution in [2.45, 2.75) is 6.54 Å². The van der Waals surface area contributed by atoms with Gasteiger partial charge in [-0.2, -0.15) is 0 Å². The summed E-state index contributed by atoms with van der Waals surface area (Å²) in [6, 6.07) is 10.3. The minimum Gasteiger partial charge on any atom is -0.378 e. The maximum absolute atomic E-state index is 13.5. The molecule has 1 heterocycles. The van der Waals surface area contributed by atoms with Crippen molar-refractivity contribution in [1.29, 1.82) is 0 Å². The van der Waals surface area contributed by atoms with Gasteiger partial charge in [0.05, 0.1) is 25.2 Å². The van der Waals surface area contributed by atoms with E-state index >= 15 is 0 Å². The molecule has 0 aliphatic carbocycles. The van der Waals surface area contributed by atoms with E-state index in [0.29, 0.717) is 13.2 Å². The van der Waals surface area contributed by atoms with Gasteiger partial charge < -0.3 is 15.0 Å². The Morgan fingerprint density at radius 2 is 1.77 bits per heavy atom. The first-order valence-electron chi connectivity index (χ1n) is 9.35. The molecule has 0 saturated carbocycles. The highest BCUT2D eigenvalue weighted by molar-refractivity contribution is 7.92. The lowest BCUT2D eigenvalue weighted by atomic mass is 10.2. The molecule has 1 aliphatic heterocycles. The maximum Gasteiger partial charge on any atom is 0.241 e. The Labute approximate surface area is 174 Å². The first kappa shape index (κ1) is 22.0. The zero-order valence-corrected chi connectivity index (χ0v) is 17.3. The first-order valence-corrected chi connectivity index (χ1v) is 11.2. The SMILES string of the molecule is CS(=O)(=O)N(CC(=O)NCc1ccc(N2CCOCC2)cc1)c1ccc(F)c(F)c1. The van der Waals surface area contributed by atoms with Crippen LogP contribution in [0.5, 0.6) is 0 Å². The summed E-state index contributed by atoms with van der Waals surface area (Å²) in [4.78, 5) is 14.5. The molecule has 0 radical (unpaired) electrons. The van der Waals surface area contributed by atoms with Gasteiger partial charge in [0.25, 0.3) is 0 Å². The molecule has 0 bridgehead atoms. The highest BCUT2D eigenvalue weighted by atomic mass is 32.2. The number of hydrogen-bond acceptors (Lipinski definition) is 5. The molecule has 2 aromatic carbocycles. The Balaban J connectivity index is 1.61. The van der Waals surface area contributed by atoms with Crippen LogP contribution in [-0.4, -0.2) is 53.4 Å². The van der Waals surface area contributed by atoms with Gasteiger partial charge in [-0.25, -0.2) is 17.2 Å². The second-order valence-electron chi connectivity index (χ2n) is 6.91. The summed E-state index contributed by atoms with van der Waals surface area (Å²) in [5, 5.41) is 2.65. The quantitative estimate of drug-likeness (QED) is 0.713. The number of carbonyl (C=O) groups excluding carboxylic acids is 1. The number of nitrogens with zero attached hydrogens (tertiary/aromatic N) is 2. The summed E-state index contributed by atoms with van der Waals surface area (Å²) < 4.78 is 56.8. The number of anilines is 2. The fraction of sp³-hybridized carbons (Fsp3) is 0.350. The van der Waals surface area contributed by atoms with Gasteiger partial charge >= 0.3 is 0 Å². The minimum atomic E-state index is -3.88. The molecule has 0 spiro atoms. The summed E-state index contributed by atoms with van der Waals surface area (Å²) in [6.07, 6.45) is 0.895. The molecule has 162 valence electrons. The third kappa shape index (κ3) is 5.67. The standard InChI is InChI=1S/C20H23F2N3O4S/c1-30(27,28)25(17-6-7-18(21)19(22)12-17)14-20(26)23-13-15-2-4-16(5-3-15)24-8-10-29-11-9-24/h2-7,12H,8-11,13-14H2,1H3,(H,23,26). The number of carbonyl (C=O) groups is 1. The third-order valence-electron chi connectivity index (χ3n) is 4.68. The number of halogens is 2. The molecule has 1 aliphatic rings. The van der Waals surface area contributed by atoms with E-state index < -0.39 is 34.1 Å². The maximum atomic E-state index is 13.5. The van der Waals surface area contributed by atoms with Crippen molar-refractivity contribution in [2.24, 2.45) is 0 Å². The van der Waals surface area contributed by atoms with Crippen molar-refractivity contribution >= 4 is 27.3 Å². The molecule has 30 heavy (non-hydrogen) atoms. The second-order valence-corrected chi connectivity index (χ2v) is 8.82. The summed E-state index contributed by atoms with van der Waals surface area (Å²) in [5.41, 5.74) is 1.79. The molecular formula is C20H23F2N3O4S. The summed E-state index contributed by atoms with van der Waals surface area (Å²) in [5.74, 6) is -2.86. The van der Waals surface area contributed by atoms with Gasteiger partial charge in [0.2, 0.25) is 15.9 Å². The molecule has 0 unspecified atom stereocenters. The molecular weight excluding hydrogens is 416 g/mol. The van der Waals surface area contributed by atoms with Crippen LogP contribution in [0.1, 0.15) is 5.56 Å². The Morgan fingerprint density at radius 3 is 2.37 bits per heavy atom. The predicted molar refractivity (Wildman–Crippen MR) is 110 cm³/mol. The Morgan fingerprint density at radius 1 is 1.10 bits per heavy atom. The summed E-state index contributed by atoms with van der Waals surface area (Å²) >= 11 is 0. The van der Waals surface area contributed by atoms with Crippen molar-refractivity contribution < 1.29 is 26.7 Å². The zero-order chi connectivity index (χ0) is 21.7. The van der Waals surface area contributed by atoms with E-state index in [1.807, 2.05) is 24.3 Å². The van der Waals surface area contributed by atoms with E-state index in [-0.39, 0.29) is 12.2 Å². The van der Waals surface area contributed by atoms with Crippen LogP contribution in [0.4, 0.5) is 20.2 Å². The van der Waals surface area contributed by atoms with Crippen LogP contribution in [0.3, 0.4) is 0 Å². The number of sulfonamides is 1. The van der Waals surface area contributed by atoms with Gasteiger partial charge in [0.15, 0.2) is 11.6 Å². The fourth-order valence-electron chi connectivity index (χ4n) is 3.07. The minimum absolute atomic E-state index is 0.124. The van der Waals surface area contributed by atoms with Crippen LogP contribution in [0, 0.1) is 11.6 Å². The average Bonchev–Trinajstić information content (AvgIpc) is 2.73. The molecule has 10 heteroatoms. The molecule has 1 amide bonds. The van der Waals surface area contributed by atoms with Crippen LogP contribution in [-0.2, 0) is 26.1 Å². The molecule has 2 aromatic rings. The van der Waals surface area contributed by atoms with Crippen LogP contribution in [0.15, 0.2) is 42.5 Å². The van der Waals surface area contributed by atoms with E-state index in [1.165, 1.54) is 0 Å². The molecule has 0 aromatic heterocycles. The summed E-state index contributed by atoms with van der Waals surface area (Å²) in [7, 11) is -3.88. The van der Waals surface area contributed by atoms with Gasteiger partial charge in [0.1, 0.15) is 6.54 Å². The molecule has 3 rings (SSSR count). The van der Waals surface area contributed by atoms with Crippen molar-refractivity contribution in [2.75, 3.05) is 48.3 Å². The van der Waals surface area contributed by atoms with Crippen LogP contribution >= 0.6 is 0 Å². The van der Waals surface area contributed by atoms with Crippen molar-refractivity contribution in [3.8, 4) is 0 Å². The number of amides is 1. The molecule has 1 N–H and O–H groups in total. The monoisotopic (exact) mass is 439 g/mol. The Kier molecular flexibility index (Phi) is 6.88. The number of ether oxygens (including phenoxy) is 1. The lowest BCUT2D eigenvalue weighted by Gasteiger charge is -2.29. The number of morpholine rings is 1. The van der Waals surface area contributed by atoms with Gasteiger partial charge in [-0.05, 0) is 29.8 Å². The van der Waals surface area contributed by atoms with E-state index in [4.69, 9.17) is 4.74 Å². The Bertz CT molecular complexity index is 994. The largest absolute Gasteiger partial charge is 0.378 e. The second kappa shape index (κ2) is 9.40. The highest BCUT2D eigenvalue weighted by Crippen LogP contribution is 2.20. The number of nitrogens with one attached hydrogen (secondary N) is 1. The lowest BCUT2D eigenvalue weighted by molar-refractivity contribution is -0.119. The average molecular weight is 439 g/mol. The van der Waals surface area contributed by atoms with E-state index in [0.717, 1.165) is 53.1 Å². The van der Waals surface area contributed by atoms with Crippen molar-refractivity contribution in [3.63, 3.8) is 0 Å².